The number of aromatic nitrogens is 5. The highest BCUT2D eigenvalue weighted by atomic mass is 16.1. The second-order valence-electron chi connectivity index (χ2n) is 6.15. The number of carbonyl (C=O) groups is 1. The van der Waals surface area contributed by atoms with Crippen molar-refractivity contribution in [2.24, 2.45) is 0 Å². The van der Waals surface area contributed by atoms with E-state index in [1.54, 1.807) is 18.6 Å². The fourth-order valence-corrected chi connectivity index (χ4v) is 2.75. The third-order valence-corrected chi connectivity index (χ3v) is 4.18. The molecule has 0 aromatic carbocycles. The lowest BCUT2D eigenvalue weighted by molar-refractivity contribution is 0.0946. The van der Waals surface area contributed by atoms with Crippen LogP contribution in [0.1, 0.15) is 27.4 Å². The van der Waals surface area contributed by atoms with Crippen LogP contribution in [0.15, 0.2) is 55.2 Å². The van der Waals surface area contributed by atoms with Crippen molar-refractivity contribution < 1.29 is 4.79 Å². The van der Waals surface area contributed by atoms with E-state index >= 15 is 0 Å². The Morgan fingerprint density at radius 1 is 1.15 bits per heavy atom. The molecule has 4 heterocycles. The van der Waals surface area contributed by atoms with Crippen LogP contribution in [0.5, 0.6) is 0 Å². The smallest absolute Gasteiger partial charge is 0.271 e. The van der Waals surface area contributed by atoms with Gasteiger partial charge in [-0.15, -0.1) is 0 Å². The van der Waals surface area contributed by atoms with Gasteiger partial charge in [0, 0.05) is 37.5 Å². The molecule has 1 amide bonds. The van der Waals surface area contributed by atoms with E-state index in [1.807, 2.05) is 59.5 Å². The highest BCUT2D eigenvalue weighted by Gasteiger charge is 2.11. The standard InChI is InChI=1S/C19H18N6O/c1-13-5-7-24-12-16(23-18(24)9-13)19(26)22-11-15-3-4-17(21-10-15)25-8-6-20-14(25)2/h3-10,12H,11H2,1-2H3,(H,22,26). The van der Waals surface area contributed by atoms with E-state index in [4.69, 9.17) is 0 Å². The zero-order chi connectivity index (χ0) is 18.1. The summed E-state index contributed by atoms with van der Waals surface area (Å²) in [6, 6.07) is 7.77. The minimum absolute atomic E-state index is 0.208. The Hall–Kier alpha value is -3.48. The number of rotatable bonds is 4. The van der Waals surface area contributed by atoms with Crippen LogP contribution in [0.4, 0.5) is 0 Å². The fourth-order valence-electron chi connectivity index (χ4n) is 2.75. The van der Waals surface area contributed by atoms with Crippen LogP contribution >= 0.6 is 0 Å². The molecule has 7 heteroatoms. The number of pyridine rings is 2. The topological polar surface area (TPSA) is 77.1 Å². The van der Waals surface area contributed by atoms with Gasteiger partial charge >= 0.3 is 0 Å². The lowest BCUT2D eigenvalue weighted by Gasteiger charge is -2.06. The molecule has 0 saturated heterocycles. The van der Waals surface area contributed by atoms with E-state index in [-0.39, 0.29) is 5.91 Å². The van der Waals surface area contributed by atoms with E-state index < -0.39 is 0 Å². The van der Waals surface area contributed by atoms with Gasteiger partial charge in [-0.2, -0.15) is 0 Å². The van der Waals surface area contributed by atoms with Crippen LogP contribution in [0.25, 0.3) is 11.5 Å². The number of nitrogens with zero attached hydrogens (tertiary/aromatic N) is 5. The van der Waals surface area contributed by atoms with E-state index in [2.05, 4.69) is 20.3 Å². The summed E-state index contributed by atoms with van der Waals surface area (Å²) in [4.78, 5) is 25.3. The monoisotopic (exact) mass is 346 g/mol. The fraction of sp³-hybridized carbons (Fsp3) is 0.158. The predicted octanol–water partition coefficient (Wildman–Crippen LogP) is 2.46. The predicted molar refractivity (Wildman–Crippen MR) is 97.2 cm³/mol. The molecule has 0 fully saturated rings. The summed E-state index contributed by atoms with van der Waals surface area (Å²) in [5.41, 5.74) is 3.18. The number of amides is 1. The second-order valence-corrected chi connectivity index (χ2v) is 6.15. The van der Waals surface area contributed by atoms with Crippen molar-refractivity contribution in [3.05, 3.63) is 77.9 Å². The first-order valence-corrected chi connectivity index (χ1v) is 8.29. The molecular formula is C19H18N6O. The van der Waals surface area contributed by atoms with Gasteiger partial charge in [0.2, 0.25) is 0 Å². The molecule has 1 N–H and O–H groups in total. The number of imidazole rings is 2. The SMILES string of the molecule is Cc1ccn2cc(C(=O)NCc3ccc(-n4ccnc4C)nc3)nc2c1. The molecule has 0 atom stereocenters. The van der Waals surface area contributed by atoms with Crippen LogP contribution in [0.2, 0.25) is 0 Å². The van der Waals surface area contributed by atoms with E-state index in [9.17, 15) is 4.79 Å². The molecule has 7 nitrogen and oxygen atoms in total. The van der Waals surface area contributed by atoms with Crippen molar-refractivity contribution >= 4 is 11.6 Å². The summed E-state index contributed by atoms with van der Waals surface area (Å²) in [6.07, 6.45) is 8.98. The lowest BCUT2D eigenvalue weighted by atomic mass is 10.2. The number of fused-ring (bicyclic) bond motifs is 1. The number of aryl methyl sites for hydroxylation is 2. The van der Waals surface area contributed by atoms with Gasteiger partial charge in [-0.3, -0.25) is 9.36 Å². The van der Waals surface area contributed by atoms with Gasteiger partial charge in [0.05, 0.1) is 0 Å². The summed E-state index contributed by atoms with van der Waals surface area (Å²) >= 11 is 0. The maximum atomic E-state index is 12.4. The van der Waals surface area contributed by atoms with Gasteiger partial charge in [0.25, 0.3) is 5.91 Å². The van der Waals surface area contributed by atoms with Crippen LogP contribution in [-0.2, 0) is 6.54 Å². The van der Waals surface area contributed by atoms with Gasteiger partial charge in [0.15, 0.2) is 0 Å². The third kappa shape index (κ3) is 3.06. The Morgan fingerprint density at radius 3 is 2.77 bits per heavy atom. The van der Waals surface area contributed by atoms with Crippen LogP contribution in [-0.4, -0.2) is 29.8 Å². The maximum absolute atomic E-state index is 12.4. The minimum atomic E-state index is -0.208. The van der Waals surface area contributed by atoms with Gasteiger partial charge in [-0.05, 0) is 43.2 Å². The first-order chi connectivity index (χ1) is 12.6. The number of nitrogens with one attached hydrogen (secondary N) is 1. The van der Waals surface area contributed by atoms with Gasteiger partial charge in [0.1, 0.15) is 23.0 Å². The molecule has 0 saturated carbocycles. The van der Waals surface area contributed by atoms with Gasteiger partial charge in [-0.25, -0.2) is 15.0 Å². The summed E-state index contributed by atoms with van der Waals surface area (Å²) in [7, 11) is 0. The van der Waals surface area contributed by atoms with Crippen molar-refractivity contribution in [1.82, 2.24) is 29.2 Å². The molecule has 0 radical (unpaired) electrons. The van der Waals surface area contributed by atoms with Crippen molar-refractivity contribution in [2.45, 2.75) is 20.4 Å². The molecule has 130 valence electrons. The summed E-state index contributed by atoms with van der Waals surface area (Å²) in [6.45, 7) is 4.31. The summed E-state index contributed by atoms with van der Waals surface area (Å²) < 4.78 is 3.74. The Kier molecular flexibility index (Phi) is 3.96. The Labute approximate surface area is 150 Å². The zero-order valence-corrected chi connectivity index (χ0v) is 14.5. The average Bonchev–Trinajstić information content (AvgIpc) is 3.26. The molecule has 0 aliphatic heterocycles. The Bertz CT molecular complexity index is 1080. The molecule has 4 aromatic heterocycles. The highest BCUT2D eigenvalue weighted by molar-refractivity contribution is 5.92. The first-order valence-electron chi connectivity index (χ1n) is 8.29. The zero-order valence-electron chi connectivity index (χ0n) is 14.5. The van der Waals surface area contributed by atoms with Crippen molar-refractivity contribution in [1.29, 1.82) is 0 Å². The average molecular weight is 346 g/mol. The van der Waals surface area contributed by atoms with Crippen LogP contribution < -0.4 is 5.32 Å². The van der Waals surface area contributed by atoms with E-state index in [0.29, 0.717) is 12.2 Å². The van der Waals surface area contributed by atoms with Crippen molar-refractivity contribution in [3.63, 3.8) is 0 Å². The molecule has 0 aliphatic carbocycles. The molecule has 0 aliphatic rings. The number of hydrogen-bond donors (Lipinski definition) is 1. The van der Waals surface area contributed by atoms with Crippen LogP contribution in [0.3, 0.4) is 0 Å². The third-order valence-electron chi connectivity index (χ3n) is 4.18. The molecule has 4 aromatic rings. The maximum Gasteiger partial charge on any atom is 0.271 e. The number of hydrogen-bond acceptors (Lipinski definition) is 4. The lowest BCUT2D eigenvalue weighted by Crippen LogP contribution is -2.23. The summed E-state index contributed by atoms with van der Waals surface area (Å²) in [5, 5.41) is 2.88. The van der Waals surface area contributed by atoms with Gasteiger partial charge in [-0.1, -0.05) is 6.07 Å². The van der Waals surface area contributed by atoms with E-state index in [1.165, 1.54) is 0 Å². The second kappa shape index (κ2) is 6.44. The molecule has 4 rings (SSSR count). The Morgan fingerprint density at radius 2 is 2.04 bits per heavy atom. The number of carbonyl (C=O) groups excluding carboxylic acids is 1. The van der Waals surface area contributed by atoms with Gasteiger partial charge < -0.3 is 9.72 Å². The van der Waals surface area contributed by atoms with Crippen LogP contribution in [0, 0.1) is 13.8 Å². The van der Waals surface area contributed by atoms with E-state index in [0.717, 1.165) is 28.4 Å². The molecular weight excluding hydrogens is 328 g/mol. The molecule has 0 spiro atoms. The quantitative estimate of drug-likeness (QED) is 0.616. The molecule has 0 bridgehead atoms. The molecule has 0 unspecified atom stereocenters. The normalized spacial score (nSPS) is 11.0. The largest absolute Gasteiger partial charge is 0.347 e. The highest BCUT2D eigenvalue weighted by Crippen LogP contribution is 2.10. The molecule has 26 heavy (non-hydrogen) atoms. The van der Waals surface area contributed by atoms with Crippen molar-refractivity contribution in [2.75, 3.05) is 0 Å². The Balaban J connectivity index is 1.44. The van der Waals surface area contributed by atoms with Crippen molar-refractivity contribution in [3.8, 4) is 5.82 Å². The first kappa shape index (κ1) is 16.0. The minimum Gasteiger partial charge on any atom is -0.347 e. The summed E-state index contributed by atoms with van der Waals surface area (Å²) in [5.74, 6) is 1.47.